The van der Waals surface area contributed by atoms with E-state index >= 15 is 0 Å². The summed E-state index contributed by atoms with van der Waals surface area (Å²) in [6.45, 7) is 5.11. The molecule has 3 nitrogen and oxygen atoms in total. The number of rotatable bonds is 6. The van der Waals surface area contributed by atoms with Gasteiger partial charge >= 0.3 is 0 Å². The molecule has 0 fully saturated rings. The fraction of sp³-hybridized carbons (Fsp3) is 0.429. The highest BCUT2D eigenvalue weighted by atomic mass is 35.5. The Morgan fingerprint density at radius 1 is 1.30 bits per heavy atom. The van der Waals surface area contributed by atoms with Crippen LogP contribution < -0.4 is 0 Å². The highest BCUT2D eigenvalue weighted by molar-refractivity contribution is 7.98. The van der Waals surface area contributed by atoms with Gasteiger partial charge in [-0.05, 0) is 24.1 Å². The summed E-state index contributed by atoms with van der Waals surface area (Å²) in [7, 11) is 0. The van der Waals surface area contributed by atoms with E-state index in [1.54, 1.807) is 17.8 Å². The van der Waals surface area contributed by atoms with E-state index in [1.807, 2.05) is 0 Å². The van der Waals surface area contributed by atoms with Crippen LogP contribution in [-0.4, -0.2) is 14.8 Å². The zero-order chi connectivity index (χ0) is 14.5. The van der Waals surface area contributed by atoms with Crippen LogP contribution in [0.4, 0.5) is 4.39 Å². The predicted octanol–water partition coefficient (Wildman–Crippen LogP) is 4.34. The Kier molecular flexibility index (Phi) is 5.43. The average Bonchev–Trinajstić information content (AvgIpc) is 2.81. The van der Waals surface area contributed by atoms with Crippen molar-refractivity contribution in [1.82, 2.24) is 14.8 Å². The number of hydrogen-bond donors (Lipinski definition) is 0. The number of hydrogen-bond acceptors (Lipinski definition) is 3. The van der Waals surface area contributed by atoms with E-state index in [0.717, 1.165) is 35.9 Å². The number of thioether (sulfide) groups is 1. The molecule has 0 unspecified atom stereocenters. The van der Waals surface area contributed by atoms with E-state index in [0.29, 0.717) is 10.8 Å². The van der Waals surface area contributed by atoms with Crippen LogP contribution in [0.25, 0.3) is 0 Å². The van der Waals surface area contributed by atoms with Gasteiger partial charge in [0.1, 0.15) is 11.6 Å². The minimum absolute atomic E-state index is 0.314. The van der Waals surface area contributed by atoms with Crippen molar-refractivity contribution in [2.24, 2.45) is 0 Å². The van der Waals surface area contributed by atoms with Crippen molar-refractivity contribution in [2.75, 3.05) is 0 Å². The van der Waals surface area contributed by atoms with Crippen molar-refractivity contribution in [2.45, 2.75) is 44.1 Å². The third kappa shape index (κ3) is 3.52. The normalized spacial score (nSPS) is 11.0. The van der Waals surface area contributed by atoms with Gasteiger partial charge in [-0.3, -0.25) is 0 Å². The molecule has 0 aliphatic heterocycles. The topological polar surface area (TPSA) is 30.7 Å². The second-order valence-electron chi connectivity index (χ2n) is 4.43. The first-order chi connectivity index (χ1) is 9.65. The molecule has 0 spiro atoms. The second kappa shape index (κ2) is 7.09. The van der Waals surface area contributed by atoms with Crippen LogP contribution in [-0.2, 0) is 18.7 Å². The highest BCUT2D eigenvalue weighted by Crippen LogP contribution is 2.27. The first-order valence-corrected chi connectivity index (χ1v) is 8.00. The summed E-state index contributed by atoms with van der Waals surface area (Å²) >= 11 is 7.61. The Labute approximate surface area is 127 Å². The fourth-order valence-electron chi connectivity index (χ4n) is 1.92. The minimum atomic E-state index is -0.314. The maximum atomic E-state index is 13.0. The van der Waals surface area contributed by atoms with Crippen molar-refractivity contribution in [3.8, 4) is 0 Å². The van der Waals surface area contributed by atoms with Crippen LogP contribution in [0, 0.1) is 5.82 Å². The summed E-state index contributed by atoms with van der Waals surface area (Å²) in [5.41, 5.74) is 0.905. The van der Waals surface area contributed by atoms with Gasteiger partial charge in [-0.1, -0.05) is 43.3 Å². The smallest absolute Gasteiger partial charge is 0.191 e. The molecule has 2 aromatic rings. The zero-order valence-electron chi connectivity index (χ0n) is 11.6. The van der Waals surface area contributed by atoms with Crippen molar-refractivity contribution in [3.63, 3.8) is 0 Å². The number of nitrogens with zero attached hydrogens (tertiary/aromatic N) is 3. The molecule has 0 saturated carbocycles. The quantitative estimate of drug-likeness (QED) is 0.743. The molecular weight excluding hydrogens is 297 g/mol. The van der Waals surface area contributed by atoms with E-state index in [2.05, 4.69) is 28.6 Å². The first-order valence-electron chi connectivity index (χ1n) is 6.64. The van der Waals surface area contributed by atoms with Gasteiger partial charge < -0.3 is 4.57 Å². The molecule has 20 heavy (non-hydrogen) atoms. The van der Waals surface area contributed by atoms with E-state index in [-0.39, 0.29) is 5.82 Å². The van der Waals surface area contributed by atoms with Gasteiger partial charge in [0.15, 0.2) is 5.16 Å². The van der Waals surface area contributed by atoms with Crippen molar-refractivity contribution < 1.29 is 4.39 Å². The van der Waals surface area contributed by atoms with Crippen LogP contribution in [0.5, 0.6) is 0 Å². The molecule has 0 radical (unpaired) electrons. The monoisotopic (exact) mass is 313 g/mol. The standard InChI is InChI=1S/C14H17ClFN3S/c1-3-7-19-13(4-2)17-18-14(19)20-9-10-5-6-11(16)8-12(10)15/h5-6,8H,3-4,7,9H2,1-2H3. The molecule has 2 rings (SSSR count). The zero-order valence-corrected chi connectivity index (χ0v) is 13.1. The van der Waals surface area contributed by atoms with Crippen LogP contribution in [0.1, 0.15) is 31.7 Å². The minimum Gasteiger partial charge on any atom is -0.306 e. The molecule has 6 heteroatoms. The lowest BCUT2D eigenvalue weighted by Crippen LogP contribution is -2.04. The molecular formula is C14H17ClFN3S. The van der Waals surface area contributed by atoms with Gasteiger partial charge in [0.05, 0.1) is 0 Å². The Morgan fingerprint density at radius 3 is 2.75 bits per heavy atom. The molecule has 0 atom stereocenters. The summed E-state index contributed by atoms with van der Waals surface area (Å²) in [6, 6.07) is 4.48. The maximum Gasteiger partial charge on any atom is 0.191 e. The van der Waals surface area contributed by atoms with Crippen molar-refractivity contribution in [3.05, 3.63) is 40.4 Å². The Balaban J connectivity index is 2.12. The largest absolute Gasteiger partial charge is 0.306 e. The highest BCUT2D eigenvalue weighted by Gasteiger charge is 2.11. The summed E-state index contributed by atoms with van der Waals surface area (Å²) < 4.78 is 15.1. The molecule has 0 amide bonds. The summed E-state index contributed by atoms with van der Waals surface area (Å²) in [6.07, 6.45) is 1.90. The molecule has 0 aliphatic rings. The SMILES string of the molecule is CCCn1c(CC)nnc1SCc1ccc(F)cc1Cl. The molecule has 0 aliphatic carbocycles. The summed E-state index contributed by atoms with van der Waals surface area (Å²) in [4.78, 5) is 0. The lowest BCUT2D eigenvalue weighted by atomic mass is 10.2. The van der Waals surface area contributed by atoms with E-state index in [9.17, 15) is 4.39 Å². The average molecular weight is 314 g/mol. The third-order valence-electron chi connectivity index (χ3n) is 2.93. The number of aromatic nitrogens is 3. The molecule has 0 bridgehead atoms. The molecule has 1 aromatic heterocycles. The van der Waals surface area contributed by atoms with Gasteiger partial charge in [0, 0.05) is 23.7 Å². The fourth-order valence-corrected chi connectivity index (χ4v) is 3.22. The van der Waals surface area contributed by atoms with E-state index in [1.165, 1.54) is 12.1 Å². The van der Waals surface area contributed by atoms with E-state index < -0.39 is 0 Å². The number of halogens is 2. The number of aryl methyl sites for hydroxylation is 1. The van der Waals surface area contributed by atoms with Gasteiger partial charge in [-0.25, -0.2) is 4.39 Å². The second-order valence-corrected chi connectivity index (χ2v) is 5.78. The molecule has 0 N–H and O–H groups in total. The third-order valence-corrected chi connectivity index (χ3v) is 4.30. The van der Waals surface area contributed by atoms with Crippen molar-refractivity contribution in [1.29, 1.82) is 0 Å². The van der Waals surface area contributed by atoms with Crippen LogP contribution >= 0.6 is 23.4 Å². The van der Waals surface area contributed by atoms with Gasteiger partial charge in [0.25, 0.3) is 0 Å². The van der Waals surface area contributed by atoms with Gasteiger partial charge in [0.2, 0.25) is 0 Å². The molecule has 1 aromatic carbocycles. The lowest BCUT2D eigenvalue weighted by Gasteiger charge is -2.08. The maximum absolute atomic E-state index is 13.0. The summed E-state index contributed by atoms with van der Waals surface area (Å²) in [5.74, 6) is 1.34. The Hall–Kier alpha value is -1.07. The summed E-state index contributed by atoms with van der Waals surface area (Å²) in [5, 5.41) is 9.77. The molecule has 108 valence electrons. The van der Waals surface area contributed by atoms with Crippen molar-refractivity contribution >= 4 is 23.4 Å². The lowest BCUT2D eigenvalue weighted by molar-refractivity contribution is 0.595. The van der Waals surface area contributed by atoms with Crippen LogP contribution in [0.3, 0.4) is 0 Å². The van der Waals surface area contributed by atoms with E-state index in [4.69, 9.17) is 11.6 Å². The van der Waals surface area contributed by atoms with Gasteiger partial charge in [-0.15, -0.1) is 10.2 Å². The Morgan fingerprint density at radius 2 is 2.10 bits per heavy atom. The van der Waals surface area contributed by atoms with Crippen LogP contribution in [0.2, 0.25) is 5.02 Å². The molecule has 0 saturated heterocycles. The first kappa shape index (κ1) is 15.3. The number of benzene rings is 1. The molecule has 1 heterocycles. The van der Waals surface area contributed by atoms with Gasteiger partial charge in [-0.2, -0.15) is 0 Å². The van der Waals surface area contributed by atoms with Crippen LogP contribution in [0.15, 0.2) is 23.4 Å². The Bertz CT molecular complexity index is 586. The predicted molar refractivity (Wildman–Crippen MR) is 80.7 cm³/mol.